The minimum absolute atomic E-state index is 0.00748. The van der Waals surface area contributed by atoms with E-state index in [0.29, 0.717) is 0 Å². The van der Waals surface area contributed by atoms with Gasteiger partial charge >= 0.3 is 6.18 Å². The van der Waals surface area contributed by atoms with E-state index in [1.54, 1.807) is 20.8 Å². The topological polar surface area (TPSA) is 54.1 Å². The molecule has 1 aliphatic rings. The van der Waals surface area contributed by atoms with E-state index >= 15 is 0 Å². The van der Waals surface area contributed by atoms with Crippen LogP contribution < -0.4 is 4.90 Å². The molecule has 2 rings (SSSR count). The minimum atomic E-state index is -4.68. The molecule has 0 aliphatic carbocycles. The number of rotatable bonds is 1. The molecular weight excluding hydrogens is 337 g/mol. The summed E-state index contributed by atoms with van der Waals surface area (Å²) in [5.41, 5.74) is -2.35. The van der Waals surface area contributed by atoms with E-state index in [4.69, 9.17) is 22.9 Å². The molecule has 0 unspecified atom stereocenters. The van der Waals surface area contributed by atoms with Crippen LogP contribution in [0.4, 0.5) is 18.9 Å². The van der Waals surface area contributed by atoms with E-state index in [1.807, 2.05) is 0 Å². The molecule has 24 heavy (non-hydrogen) atoms. The van der Waals surface area contributed by atoms with Gasteiger partial charge in [-0.1, -0.05) is 5.92 Å². The van der Waals surface area contributed by atoms with Gasteiger partial charge in [-0.2, -0.15) is 18.4 Å². The van der Waals surface area contributed by atoms with E-state index in [9.17, 15) is 13.2 Å². The van der Waals surface area contributed by atoms with Crippen LogP contribution in [0.15, 0.2) is 18.2 Å². The van der Waals surface area contributed by atoms with Crippen LogP contribution in [0.25, 0.3) is 0 Å². The number of hydrogen-bond acceptors (Lipinski definition) is 3. The molecule has 1 N–H and O–H groups in total. The molecule has 0 radical (unpaired) electrons. The summed E-state index contributed by atoms with van der Waals surface area (Å²) in [7, 11) is 0. The normalized spacial score (nSPS) is 16.7. The van der Waals surface area contributed by atoms with Crippen molar-refractivity contribution in [2.75, 3.05) is 4.90 Å². The van der Waals surface area contributed by atoms with Crippen LogP contribution in [-0.2, 0) is 6.18 Å². The van der Waals surface area contributed by atoms with Gasteiger partial charge < -0.3 is 0 Å². The summed E-state index contributed by atoms with van der Waals surface area (Å²) >= 11 is 5.30. The van der Waals surface area contributed by atoms with Gasteiger partial charge in [0.15, 0.2) is 5.11 Å². The Balaban J connectivity index is 2.61. The highest BCUT2D eigenvalue weighted by Crippen LogP contribution is 2.37. The average Bonchev–Trinajstić information content (AvgIpc) is 2.66. The van der Waals surface area contributed by atoms with E-state index in [-0.39, 0.29) is 16.6 Å². The number of nitriles is 1. The molecule has 1 saturated heterocycles. The Kier molecular flexibility index (Phi) is 4.30. The standard InChI is InChI=1S/C16H13F3N4S/c1-4-7-22-14(24)23(13(21)15(22,2)3)11-6-5-10(9-20)12(8-11)16(17,18)19/h5-6,8,21H,1-3H3. The molecule has 1 fully saturated rings. The van der Waals surface area contributed by atoms with Crippen molar-refractivity contribution in [3.63, 3.8) is 0 Å². The molecule has 0 spiro atoms. The maximum absolute atomic E-state index is 13.2. The van der Waals surface area contributed by atoms with Crippen LogP contribution >= 0.6 is 12.2 Å². The molecule has 1 aliphatic heterocycles. The number of amidine groups is 1. The van der Waals surface area contributed by atoms with Crippen molar-refractivity contribution in [3.05, 3.63) is 29.3 Å². The molecule has 0 amide bonds. The van der Waals surface area contributed by atoms with Crippen molar-refractivity contribution in [1.29, 1.82) is 10.7 Å². The number of benzene rings is 1. The zero-order valence-electron chi connectivity index (χ0n) is 13.1. The van der Waals surface area contributed by atoms with Gasteiger partial charge in [0, 0.05) is 6.04 Å². The number of halogens is 3. The monoisotopic (exact) mass is 350 g/mol. The van der Waals surface area contributed by atoms with Gasteiger partial charge in [-0.25, -0.2) is 0 Å². The summed E-state index contributed by atoms with van der Waals surface area (Å²) in [5, 5.41) is 17.3. The largest absolute Gasteiger partial charge is 0.417 e. The van der Waals surface area contributed by atoms with Crippen LogP contribution in [0.1, 0.15) is 31.9 Å². The fourth-order valence-electron chi connectivity index (χ4n) is 2.36. The highest BCUT2D eigenvalue weighted by atomic mass is 32.1. The lowest BCUT2D eigenvalue weighted by atomic mass is 10.0. The van der Waals surface area contributed by atoms with E-state index in [0.717, 1.165) is 12.1 Å². The SMILES string of the molecule is CC#CN1C(=S)N(c2ccc(C#N)c(C(F)(F)F)c2)C(=N)C1(C)C. The third-order valence-electron chi connectivity index (χ3n) is 3.66. The molecule has 0 aromatic heterocycles. The first kappa shape index (κ1) is 17.8. The molecule has 0 saturated carbocycles. The molecule has 8 heteroatoms. The maximum Gasteiger partial charge on any atom is 0.417 e. The quantitative estimate of drug-likeness (QED) is 0.620. The third-order valence-corrected chi connectivity index (χ3v) is 4.02. The smallest absolute Gasteiger partial charge is 0.286 e. The Hall–Kier alpha value is -2.58. The first-order chi connectivity index (χ1) is 11.1. The lowest BCUT2D eigenvalue weighted by Gasteiger charge is -2.24. The van der Waals surface area contributed by atoms with Crippen molar-refractivity contribution in [1.82, 2.24) is 4.90 Å². The van der Waals surface area contributed by atoms with Gasteiger partial charge in [-0.15, -0.1) is 0 Å². The second-order valence-electron chi connectivity index (χ2n) is 5.56. The Morgan fingerprint density at radius 2 is 1.92 bits per heavy atom. The second kappa shape index (κ2) is 5.81. The van der Waals surface area contributed by atoms with Crippen LogP contribution in [0.5, 0.6) is 0 Å². The van der Waals surface area contributed by atoms with Crippen molar-refractivity contribution >= 4 is 28.9 Å². The Bertz CT molecular complexity index is 824. The molecule has 1 aromatic carbocycles. The second-order valence-corrected chi connectivity index (χ2v) is 5.93. The number of hydrogen-bond donors (Lipinski definition) is 1. The number of nitrogens with zero attached hydrogens (tertiary/aromatic N) is 3. The minimum Gasteiger partial charge on any atom is -0.286 e. The van der Waals surface area contributed by atoms with E-state index in [2.05, 4.69) is 12.0 Å². The molecule has 1 aromatic rings. The zero-order chi connectivity index (χ0) is 18.3. The van der Waals surface area contributed by atoms with Crippen LogP contribution in [-0.4, -0.2) is 21.4 Å². The van der Waals surface area contributed by atoms with Crippen LogP contribution in [0, 0.1) is 28.7 Å². The van der Waals surface area contributed by atoms with E-state index in [1.165, 1.54) is 21.9 Å². The number of anilines is 1. The summed E-state index contributed by atoms with van der Waals surface area (Å²) in [6.45, 7) is 5.02. The lowest BCUT2D eigenvalue weighted by Crippen LogP contribution is -2.41. The summed E-state index contributed by atoms with van der Waals surface area (Å²) < 4.78 is 39.5. The van der Waals surface area contributed by atoms with Crippen molar-refractivity contribution in [2.24, 2.45) is 0 Å². The Morgan fingerprint density at radius 3 is 2.42 bits per heavy atom. The predicted molar refractivity (Wildman–Crippen MR) is 88.3 cm³/mol. The molecular formula is C16H13F3N4S. The summed E-state index contributed by atoms with van der Waals surface area (Å²) in [5.74, 6) is 2.69. The fourth-order valence-corrected chi connectivity index (χ4v) is 2.83. The molecule has 4 nitrogen and oxygen atoms in total. The molecule has 0 atom stereocenters. The Morgan fingerprint density at radius 1 is 1.29 bits per heavy atom. The van der Waals surface area contributed by atoms with Gasteiger partial charge in [0.05, 0.1) is 22.9 Å². The summed E-state index contributed by atoms with van der Waals surface area (Å²) in [4.78, 5) is 2.70. The lowest BCUT2D eigenvalue weighted by molar-refractivity contribution is -0.137. The molecule has 0 bridgehead atoms. The number of nitrogens with one attached hydrogen (secondary N) is 1. The first-order valence-electron chi connectivity index (χ1n) is 6.82. The van der Waals surface area contributed by atoms with Crippen molar-refractivity contribution in [2.45, 2.75) is 32.5 Å². The number of thiocarbonyl (C=S) groups is 1. The number of alkyl halides is 3. The van der Waals surface area contributed by atoms with E-state index < -0.39 is 22.8 Å². The van der Waals surface area contributed by atoms with Gasteiger partial charge in [-0.05, 0) is 51.2 Å². The summed E-state index contributed by atoms with van der Waals surface area (Å²) in [6.07, 6.45) is -4.68. The summed E-state index contributed by atoms with van der Waals surface area (Å²) in [6, 6.07) is 7.55. The molecule has 124 valence electrons. The maximum atomic E-state index is 13.2. The zero-order valence-corrected chi connectivity index (χ0v) is 13.9. The Labute approximate surface area is 143 Å². The average molecular weight is 350 g/mol. The van der Waals surface area contributed by atoms with Crippen LogP contribution in [0.3, 0.4) is 0 Å². The van der Waals surface area contributed by atoms with Gasteiger partial charge in [0.25, 0.3) is 0 Å². The van der Waals surface area contributed by atoms with Crippen molar-refractivity contribution in [3.8, 4) is 18.0 Å². The molecule has 1 heterocycles. The van der Waals surface area contributed by atoms with Gasteiger partial charge in [0.2, 0.25) is 0 Å². The predicted octanol–water partition coefficient (Wildman–Crippen LogP) is 3.72. The highest BCUT2D eigenvalue weighted by molar-refractivity contribution is 7.80. The van der Waals surface area contributed by atoms with Gasteiger partial charge in [-0.3, -0.25) is 15.2 Å². The highest BCUT2D eigenvalue weighted by Gasteiger charge is 2.47. The third kappa shape index (κ3) is 2.70. The van der Waals surface area contributed by atoms with Gasteiger partial charge in [0.1, 0.15) is 11.4 Å². The fraction of sp³-hybridized carbons (Fsp3) is 0.312. The van der Waals surface area contributed by atoms with Crippen LogP contribution in [0.2, 0.25) is 0 Å². The van der Waals surface area contributed by atoms with Crippen molar-refractivity contribution < 1.29 is 13.2 Å². The first-order valence-corrected chi connectivity index (χ1v) is 7.23.